The number of rotatable bonds is 4. The number of amides is 1. The number of nitrogens with one attached hydrogen (secondary N) is 1. The number of pyridine rings is 1. The maximum Gasteiger partial charge on any atom is 0.249 e. The zero-order valence-electron chi connectivity index (χ0n) is 13.6. The highest BCUT2D eigenvalue weighted by atomic mass is 127. The summed E-state index contributed by atoms with van der Waals surface area (Å²) in [5, 5.41) is 3.77. The van der Waals surface area contributed by atoms with E-state index >= 15 is 0 Å². The maximum atomic E-state index is 12.0. The summed E-state index contributed by atoms with van der Waals surface area (Å²) < 4.78 is 6.76. The molecule has 0 atom stereocenters. The second kappa shape index (κ2) is 8.24. The molecule has 0 bridgehead atoms. The zero-order chi connectivity index (χ0) is 18.7. The third-order valence-corrected chi connectivity index (χ3v) is 5.18. The predicted octanol–water partition coefficient (Wildman–Crippen LogP) is 6.21. The molecule has 0 aliphatic heterocycles. The SMILES string of the molecule is Cc1nc(NC(=O)/C=C/c2ccc(-c3ccc(Cl)cc3Cl)o2)ccc1I. The van der Waals surface area contributed by atoms with Crippen molar-refractivity contribution in [3.63, 3.8) is 0 Å². The molecule has 0 saturated heterocycles. The van der Waals surface area contributed by atoms with Gasteiger partial charge in [-0.1, -0.05) is 23.2 Å². The first-order valence-electron chi connectivity index (χ1n) is 7.60. The molecule has 1 N–H and O–H groups in total. The van der Waals surface area contributed by atoms with Crippen molar-refractivity contribution < 1.29 is 9.21 Å². The molecule has 3 rings (SSSR count). The van der Waals surface area contributed by atoms with Crippen LogP contribution >= 0.6 is 45.8 Å². The zero-order valence-corrected chi connectivity index (χ0v) is 17.3. The molecule has 0 aliphatic rings. The lowest BCUT2D eigenvalue weighted by Crippen LogP contribution is -2.09. The van der Waals surface area contributed by atoms with E-state index in [9.17, 15) is 4.79 Å². The van der Waals surface area contributed by atoms with Gasteiger partial charge in [-0.25, -0.2) is 4.98 Å². The number of nitrogens with zero attached hydrogens (tertiary/aromatic N) is 1. The maximum absolute atomic E-state index is 12.0. The van der Waals surface area contributed by atoms with Crippen molar-refractivity contribution in [1.29, 1.82) is 0 Å². The molecule has 0 spiro atoms. The highest BCUT2D eigenvalue weighted by Gasteiger charge is 2.08. The van der Waals surface area contributed by atoms with E-state index in [1.807, 2.05) is 13.0 Å². The number of hydrogen-bond acceptors (Lipinski definition) is 3. The van der Waals surface area contributed by atoms with Crippen LogP contribution in [0.5, 0.6) is 0 Å². The fraction of sp³-hybridized carbons (Fsp3) is 0.0526. The van der Waals surface area contributed by atoms with E-state index in [-0.39, 0.29) is 5.91 Å². The minimum Gasteiger partial charge on any atom is -0.457 e. The molecular formula is C19H13Cl2IN2O2. The van der Waals surface area contributed by atoms with Crippen LogP contribution in [0.1, 0.15) is 11.5 Å². The van der Waals surface area contributed by atoms with Crippen LogP contribution in [0.3, 0.4) is 0 Å². The second-order valence-electron chi connectivity index (χ2n) is 5.41. The normalized spacial score (nSPS) is 11.1. The molecule has 1 amide bonds. The van der Waals surface area contributed by atoms with Crippen LogP contribution < -0.4 is 5.32 Å². The Morgan fingerprint density at radius 2 is 2.00 bits per heavy atom. The molecule has 0 saturated carbocycles. The smallest absolute Gasteiger partial charge is 0.249 e. The van der Waals surface area contributed by atoms with Crippen LogP contribution in [0.2, 0.25) is 10.0 Å². The largest absolute Gasteiger partial charge is 0.457 e. The summed E-state index contributed by atoms with van der Waals surface area (Å²) in [6, 6.07) is 12.4. The van der Waals surface area contributed by atoms with Gasteiger partial charge in [0, 0.05) is 20.2 Å². The summed E-state index contributed by atoms with van der Waals surface area (Å²) in [5.74, 6) is 1.35. The van der Waals surface area contributed by atoms with Crippen molar-refractivity contribution in [2.45, 2.75) is 6.92 Å². The summed E-state index contributed by atoms with van der Waals surface area (Å²) >= 11 is 14.3. The van der Waals surface area contributed by atoms with Gasteiger partial charge in [0.15, 0.2) is 0 Å². The summed E-state index contributed by atoms with van der Waals surface area (Å²) in [5.41, 5.74) is 1.60. The number of benzene rings is 1. The van der Waals surface area contributed by atoms with Gasteiger partial charge in [0.1, 0.15) is 17.3 Å². The Hall–Kier alpha value is -1.83. The predicted molar refractivity (Wildman–Crippen MR) is 114 cm³/mol. The average Bonchev–Trinajstić information content (AvgIpc) is 3.05. The van der Waals surface area contributed by atoms with Gasteiger partial charge >= 0.3 is 0 Å². The van der Waals surface area contributed by atoms with Crippen molar-refractivity contribution in [2.75, 3.05) is 5.32 Å². The number of carbonyl (C=O) groups is 1. The van der Waals surface area contributed by atoms with E-state index in [0.717, 1.165) is 14.8 Å². The van der Waals surface area contributed by atoms with E-state index in [4.69, 9.17) is 27.6 Å². The van der Waals surface area contributed by atoms with Crippen molar-refractivity contribution in [3.05, 3.63) is 73.6 Å². The van der Waals surface area contributed by atoms with Crippen molar-refractivity contribution in [3.8, 4) is 11.3 Å². The molecule has 132 valence electrons. The molecule has 7 heteroatoms. The lowest BCUT2D eigenvalue weighted by molar-refractivity contribution is -0.111. The number of anilines is 1. The Morgan fingerprint density at radius 1 is 1.19 bits per heavy atom. The van der Waals surface area contributed by atoms with Gasteiger partial charge in [0.25, 0.3) is 0 Å². The molecule has 4 nitrogen and oxygen atoms in total. The van der Waals surface area contributed by atoms with Crippen LogP contribution in [-0.2, 0) is 4.79 Å². The third-order valence-electron chi connectivity index (χ3n) is 3.49. The van der Waals surface area contributed by atoms with E-state index in [2.05, 4.69) is 32.9 Å². The lowest BCUT2D eigenvalue weighted by atomic mass is 10.2. The third kappa shape index (κ3) is 4.66. The monoisotopic (exact) mass is 498 g/mol. The van der Waals surface area contributed by atoms with E-state index < -0.39 is 0 Å². The number of aryl methyl sites for hydroxylation is 1. The topological polar surface area (TPSA) is 55.1 Å². The van der Waals surface area contributed by atoms with E-state index in [1.165, 1.54) is 6.08 Å². The lowest BCUT2D eigenvalue weighted by Gasteiger charge is -2.03. The van der Waals surface area contributed by atoms with Crippen LogP contribution in [-0.4, -0.2) is 10.9 Å². The Kier molecular flexibility index (Phi) is 6.01. The average molecular weight is 499 g/mol. The van der Waals surface area contributed by atoms with Gasteiger partial charge in [0.2, 0.25) is 5.91 Å². The van der Waals surface area contributed by atoms with Gasteiger partial charge in [-0.15, -0.1) is 0 Å². The summed E-state index contributed by atoms with van der Waals surface area (Å²) in [6.07, 6.45) is 2.98. The summed E-state index contributed by atoms with van der Waals surface area (Å²) in [6.45, 7) is 1.89. The molecule has 0 aliphatic carbocycles. The Bertz CT molecular complexity index is 999. The molecule has 1 aromatic carbocycles. The number of aromatic nitrogens is 1. The van der Waals surface area contributed by atoms with Gasteiger partial charge in [-0.3, -0.25) is 4.79 Å². The first-order valence-corrected chi connectivity index (χ1v) is 9.43. The van der Waals surface area contributed by atoms with Gasteiger partial charge in [-0.2, -0.15) is 0 Å². The Balaban J connectivity index is 1.70. The highest BCUT2D eigenvalue weighted by molar-refractivity contribution is 14.1. The quantitative estimate of drug-likeness (QED) is 0.343. The number of halogens is 3. The highest BCUT2D eigenvalue weighted by Crippen LogP contribution is 2.31. The number of carbonyl (C=O) groups excluding carboxylic acids is 1. The molecule has 0 fully saturated rings. The molecular weight excluding hydrogens is 486 g/mol. The van der Waals surface area contributed by atoms with Crippen LogP contribution in [0.15, 0.2) is 53.0 Å². The van der Waals surface area contributed by atoms with Gasteiger partial charge in [0.05, 0.1) is 10.7 Å². The summed E-state index contributed by atoms with van der Waals surface area (Å²) in [4.78, 5) is 16.3. The standard InChI is InChI=1S/C19H13Cl2IN2O2/c1-11-16(22)6-8-18(23-11)24-19(25)9-4-13-3-7-17(26-13)14-5-2-12(20)10-15(14)21/h2-10H,1H3,(H,23,24,25)/b9-4+. The fourth-order valence-electron chi connectivity index (χ4n) is 2.22. The van der Waals surface area contributed by atoms with Crippen LogP contribution in [0, 0.1) is 10.5 Å². The number of hydrogen-bond donors (Lipinski definition) is 1. The first-order chi connectivity index (χ1) is 12.4. The fourth-order valence-corrected chi connectivity index (χ4v) is 3.02. The van der Waals surface area contributed by atoms with Gasteiger partial charge in [-0.05, 0) is 78.1 Å². The molecule has 2 aromatic heterocycles. The minimum absolute atomic E-state index is 0.291. The number of furan rings is 1. The Morgan fingerprint density at radius 3 is 2.73 bits per heavy atom. The first kappa shape index (κ1) is 18.9. The second-order valence-corrected chi connectivity index (χ2v) is 7.42. The van der Waals surface area contributed by atoms with Crippen LogP contribution in [0.25, 0.3) is 17.4 Å². The molecule has 0 unspecified atom stereocenters. The summed E-state index contributed by atoms with van der Waals surface area (Å²) in [7, 11) is 0. The van der Waals surface area contributed by atoms with Crippen molar-refractivity contribution in [1.82, 2.24) is 4.98 Å². The van der Waals surface area contributed by atoms with Crippen LogP contribution in [0.4, 0.5) is 5.82 Å². The van der Waals surface area contributed by atoms with E-state index in [1.54, 1.807) is 42.5 Å². The molecule has 0 radical (unpaired) electrons. The molecule has 3 aromatic rings. The van der Waals surface area contributed by atoms with Crippen molar-refractivity contribution in [2.24, 2.45) is 0 Å². The van der Waals surface area contributed by atoms with E-state index in [0.29, 0.717) is 27.4 Å². The van der Waals surface area contributed by atoms with Crippen molar-refractivity contribution >= 4 is 63.6 Å². The molecule has 26 heavy (non-hydrogen) atoms. The van der Waals surface area contributed by atoms with Gasteiger partial charge < -0.3 is 9.73 Å². The Labute approximate surface area is 174 Å². The molecule has 2 heterocycles. The minimum atomic E-state index is -0.291.